The Morgan fingerprint density at radius 3 is 2.52 bits per heavy atom. The molecular weight excluding hydrogens is 286 g/mol. The zero-order valence-corrected chi connectivity index (χ0v) is 14.1. The lowest BCUT2D eigenvalue weighted by Gasteiger charge is -2.39. The summed E-state index contributed by atoms with van der Waals surface area (Å²) in [6, 6.07) is 12.4. The van der Waals surface area contributed by atoms with Crippen LogP contribution in [0.5, 0.6) is 0 Å². The molecule has 0 aromatic heterocycles. The average molecular weight is 315 g/mol. The molecule has 3 rings (SSSR count). The highest BCUT2D eigenvalue weighted by atomic mass is 16.1. The van der Waals surface area contributed by atoms with Crippen molar-refractivity contribution in [3.63, 3.8) is 0 Å². The molecule has 1 aromatic carbocycles. The van der Waals surface area contributed by atoms with Crippen LogP contribution in [0.4, 0.5) is 0 Å². The minimum Gasteiger partial charge on any atom is -0.353 e. The van der Waals surface area contributed by atoms with Crippen LogP contribution in [0, 0.1) is 0 Å². The Kier molecular flexibility index (Phi) is 5.34. The molecule has 2 aliphatic rings. The van der Waals surface area contributed by atoms with Crippen LogP contribution >= 0.6 is 0 Å². The van der Waals surface area contributed by atoms with E-state index in [-0.39, 0.29) is 11.9 Å². The first kappa shape index (κ1) is 16.5. The van der Waals surface area contributed by atoms with E-state index in [4.69, 9.17) is 5.73 Å². The molecule has 4 nitrogen and oxygen atoms in total. The molecule has 126 valence electrons. The monoisotopic (exact) mass is 315 g/mol. The van der Waals surface area contributed by atoms with Crippen LogP contribution in [0.1, 0.15) is 51.0 Å². The standard InChI is InChI=1S/C19H29N3O/c1-14(20)7-10-19(23)21-16-11-17-8-9-18(12-16)22(17)13-15-5-3-2-4-6-15/h2-6,14,16-18H,7-13,20H2,1H3,(H,21,23). The molecule has 0 aliphatic carbocycles. The van der Waals surface area contributed by atoms with E-state index < -0.39 is 0 Å². The van der Waals surface area contributed by atoms with E-state index in [0.29, 0.717) is 24.5 Å². The van der Waals surface area contributed by atoms with Crippen molar-refractivity contribution >= 4 is 5.91 Å². The van der Waals surface area contributed by atoms with Gasteiger partial charge in [0.05, 0.1) is 0 Å². The van der Waals surface area contributed by atoms with E-state index in [9.17, 15) is 4.79 Å². The Morgan fingerprint density at radius 1 is 1.26 bits per heavy atom. The summed E-state index contributed by atoms with van der Waals surface area (Å²) >= 11 is 0. The SMILES string of the molecule is CC(N)CCC(=O)NC1CC2CCC(C1)N2Cc1ccccc1. The number of benzene rings is 1. The number of carbonyl (C=O) groups excluding carboxylic acids is 1. The number of amides is 1. The Bertz CT molecular complexity index is 503. The quantitative estimate of drug-likeness (QED) is 0.847. The van der Waals surface area contributed by atoms with E-state index in [1.54, 1.807) is 0 Å². The zero-order chi connectivity index (χ0) is 16.2. The summed E-state index contributed by atoms with van der Waals surface area (Å²) in [6.07, 6.45) is 6.04. The molecule has 4 heteroatoms. The fourth-order valence-corrected chi connectivity index (χ4v) is 4.10. The van der Waals surface area contributed by atoms with Crippen LogP contribution in [0.3, 0.4) is 0 Å². The van der Waals surface area contributed by atoms with Crippen LogP contribution < -0.4 is 11.1 Å². The molecule has 3 N–H and O–H groups in total. The molecule has 1 amide bonds. The molecule has 1 aromatic rings. The molecule has 0 radical (unpaired) electrons. The predicted molar refractivity (Wildman–Crippen MR) is 92.8 cm³/mol. The van der Waals surface area contributed by atoms with Gasteiger partial charge >= 0.3 is 0 Å². The van der Waals surface area contributed by atoms with Crippen molar-refractivity contribution < 1.29 is 4.79 Å². The number of piperidine rings is 1. The van der Waals surface area contributed by atoms with Crippen molar-refractivity contribution in [2.45, 2.75) is 76.2 Å². The minimum absolute atomic E-state index is 0.102. The van der Waals surface area contributed by atoms with Crippen LogP contribution in [0.15, 0.2) is 30.3 Å². The number of rotatable bonds is 6. The van der Waals surface area contributed by atoms with Gasteiger partial charge in [-0.25, -0.2) is 0 Å². The molecule has 3 atom stereocenters. The molecule has 2 bridgehead atoms. The summed E-state index contributed by atoms with van der Waals surface area (Å²) in [5, 5.41) is 3.24. The largest absolute Gasteiger partial charge is 0.353 e. The lowest BCUT2D eigenvalue weighted by molar-refractivity contribution is -0.122. The second-order valence-electron chi connectivity index (χ2n) is 7.29. The maximum Gasteiger partial charge on any atom is 0.220 e. The Morgan fingerprint density at radius 2 is 1.91 bits per heavy atom. The zero-order valence-electron chi connectivity index (χ0n) is 14.1. The third-order valence-electron chi connectivity index (χ3n) is 5.28. The minimum atomic E-state index is 0.102. The first-order valence-electron chi connectivity index (χ1n) is 8.96. The van der Waals surface area contributed by atoms with Gasteiger partial charge in [-0.05, 0) is 44.6 Å². The number of hydrogen-bond donors (Lipinski definition) is 2. The van der Waals surface area contributed by atoms with Crippen LogP contribution in [-0.2, 0) is 11.3 Å². The van der Waals surface area contributed by atoms with Crippen molar-refractivity contribution in [2.75, 3.05) is 0 Å². The second-order valence-corrected chi connectivity index (χ2v) is 7.29. The predicted octanol–water partition coefficient (Wildman–Crippen LogP) is 2.43. The molecule has 23 heavy (non-hydrogen) atoms. The highest BCUT2D eigenvalue weighted by Crippen LogP contribution is 2.36. The van der Waals surface area contributed by atoms with Gasteiger partial charge in [-0.15, -0.1) is 0 Å². The molecule has 0 saturated carbocycles. The summed E-state index contributed by atoms with van der Waals surface area (Å²) < 4.78 is 0. The highest BCUT2D eigenvalue weighted by molar-refractivity contribution is 5.76. The van der Waals surface area contributed by atoms with Gasteiger partial charge in [-0.3, -0.25) is 9.69 Å². The lowest BCUT2D eigenvalue weighted by atomic mass is 9.96. The number of fused-ring (bicyclic) bond motifs is 2. The first-order chi connectivity index (χ1) is 11.1. The second kappa shape index (κ2) is 7.45. The first-order valence-corrected chi connectivity index (χ1v) is 8.96. The number of nitrogens with one attached hydrogen (secondary N) is 1. The Hall–Kier alpha value is -1.39. The van der Waals surface area contributed by atoms with Crippen molar-refractivity contribution in [1.29, 1.82) is 0 Å². The fourth-order valence-electron chi connectivity index (χ4n) is 4.10. The van der Waals surface area contributed by atoms with Gasteiger partial charge in [-0.1, -0.05) is 30.3 Å². The van der Waals surface area contributed by atoms with Gasteiger partial charge < -0.3 is 11.1 Å². The molecular formula is C19H29N3O. The van der Waals surface area contributed by atoms with E-state index in [0.717, 1.165) is 25.8 Å². The summed E-state index contributed by atoms with van der Waals surface area (Å²) in [4.78, 5) is 14.7. The van der Waals surface area contributed by atoms with Crippen molar-refractivity contribution in [2.24, 2.45) is 5.73 Å². The smallest absolute Gasteiger partial charge is 0.220 e. The average Bonchev–Trinajstić information content (AvgIpc) is 2.77. The maximum atomic E-state index is 12.0. The lowest BCUT2D eigenvalue weighted by Crippen LogP contribution is -2.50. The van der Waals surface area contributed by atoms with Gasteiger partial charge in [0.15, 0.2) is 0 Å². The van der Waals surface area contributed by atoms with E-state index in [2.05, 4.69) is 40.5 Å². The van der Waals surface area contributed by atoms with Gasteiger partial charge in [0.2, 0.25) is 5.91 Å². The Balaban J connectivity index is 1.52. The molecule has 2 aliphatic heterocycles. The van der Waals surface area contributed by atoms with E-state index >= 15 is 0 Å². The molecule has 2 saturated heterocycles. The topological polar surface area (TPSA) is 58.4 Å². The third-order valence-corrected chi connectivity index (χ3v) is 5.28. The number of nitrogens with two attached hydrogens (primary N) is 1. The van der Waals surface area contributed by atoms with E-state index in [1.807, 2.05) is 6.92 Å². The van der Waals surface area contributed by atoms with Crippen LogP contribution in [-0.4, -0.2) is 35.0 Å². The number of carbonyl (C=O) groups is 1. The summed E-state index contributed by atoms with van der Waals surface area (Å²) in [5.74, 6) is 0.170. The summed E-state index contributed by atoms with van der Waals surface area (Å²) in [7, 11) is 0. The summed E-state index contributed by atoms with van der Waals surface area (Å²) in [5.41, 5.74) is 7.13. The fraction of sp³-hybridized carbons (Fsp3) is 0.632. The van der Waals surface area contributed by atoms with Gasteiger partial charge in [0.25, 0.3) is 0 Å². The van der Waals surface area contributed by atoms with Gasteiger partial charge in [0.1, 0.15) is 0 Å². The van der Waals surface area contributed by atoms with Crippen LogP contribution in [0.25, 0.3) is 0 Å². The maximum absolute atomic E-state index is 12.0. The highest BCUT2D eigenvalue weighted by Gasteiger charge is 2.40. The van der Waals surface area contributed by atoms with Gasteiger partial charge in [0, 0.05) is 37.1 Å². The molecule has 3 unspecified atom stereocenters. The van der Waals surface area contributed by atoms with Crippen molar-refractivity contribution in [1.82, 2.24) is 10.2 Å². The van der Waals surface area contributed by atoms with Crippen molar-refractivity contribution in [3.05, 3.63) is 35.9 Å². The van der Waals surface area contributed by atoms with E-state index in [1.165, 1.54) is 18.4 Å². The summed E-state index contributed by atoms with van der Waals surface area (Å²) in [6.45, 7) is 3.00. The van der Waals surface area contributed by atoms with Crippen molar-refractivity contribution in [3.8, 4) is 0 Å². The molecule has 2 fully saturated rings. The van der Waals surface area contributed by atoms with Gasteiger partial charge in [-0.2, -0.15) is 0 Å². The number of hydrogen-bond acceptors (Lipinski definition) is 3. The molecule has 0 spiro atoms. The van der Waals surface area contributed by atoms with Crippen LogP contribution in [0.2, 0.25) is 0 Å². The molecule has 2 heterocycles. The third kappa shape index (κ3) is 4.33. The number of nitrogens with zero attached hydrogens (tertiary/aromatic N) is 1. The Labute approximate surface area is 139 Å². The normalized spacial score (nSPS) is 28.5.